The average molecular weight is 242 g/mol. The van der Waals surface area contributed by atoms with Crippen molar-refractivity contribution < 1.29 is 9.84 Å². The van der Waals surface area contributed by atoms with Gasteiger partial charge in [0.25, 0.3) is 0 Å². The number of nitrogens with one attached hydrogen (secondary N) is 1. The van der Waals surface area contributed by atoms with Crippen LogP contribution in [0.2, 0.25) is 0 Å². The van der Waals surface area contributed by atoms with Crippen molar-refractivity contribution in [3.63, 3.8) is 0 Å². The van der Waals surface area contributed by atoms with Crippen LogP contribution in [0, 0.1) is 0 Å². The molecule has 2 fully saturated rings. The lowest BCUT2D eigenvalue weighted by Gasteiger charge is -2.27. The molecule has 2 heterocycles. The first-order chi connectivity index (χ1) is 8.28. The molecule has 3 unspecified atom stereocenters. The van der Waals surface area contributed by atoms with Gasteiger partial charge in [-0.3, -0.25) is 4.90 Å². The van der Waals surface area contributed by atoms with Crippen LogP contribution in [0.5, 0.6) is 0 Å². The molecule has 0 saturated carbocycles. The Bertz CT molecular complexity index is 219. The van der Waals surface area contributed by atoms with Crippen LogP contribution in [-0.4, -0.2) is 61.0 Å². The first-order valence-electron chi connectivity index (χ1n) is 7.00. The van der Waals surface area contributed by atoms with Crippen LogP contribution in [0.1, 0.15) is 32.6 Å². The van der Waals surface area contributed by atoms with Gasteiger partial charge in [0.1, 0.15) is 0 Å². The molecule has 0 aromatic heterocycles. The lowest BCUT2D eigenvalue weighted by atomic mass is 10.1. The van der Waals surface area contributed by atoms with E-state index in [1.165, 1.54) is 25.7 Å². The first-order valence-corrected chi connectivity index (χ1v) is 7.00. The second kappa shape index (κ2) is 6.69. The van der Waals surface area contributed by atoms with Crippen LogP contribution in [0.15, 0.2) is 0 Å². The summed E-state index contributed by atoms with van der Waals surface area (Å²) in [4.78, 5) is 2.35. The van der Waals surface area contributed by atoms with Crippen LogP contribution in [-0.2, 0) is 4.74 Å². The zero-order valence-electron chi connectivity index (χ0n) is 10.9. The predicted octanol–water partition coefficient (Wildman–Crippen LogP) is 0.600. The normalized spacial score (nSPS) is 33.7. The zero-order chi connectivity index (χ0) is 12.1. The quantitative estimate of drug-likeness (QED) is 0.716. The van der Waals surface area contributed by atoms with Crippen molar-refractivity contribution in [2.75, 3.05) is 32.8 Å². The van der Waals surface area contributed by atoms with Crippen molar-refractivity contribution in [3.05, 3.63) is 0 Å². The van der Waals surface area contributed by atoms with Gasteiger partial charge in [0.15, 0.2) is 0 Å². The summed E-state index contributed by atoms with van der Waals surface area (Å²) in [5.41, 5.74) is 0. The van der Waals surface area contributed by atoms with E-state index in [1.54, 1.807) is 0 Å². The molecule has 2 rings (SSSR count). The smallest absolute Gasteiger partial charge is 0.0706 e. The van der Waals surface area contributed by atoms with Gasteiger partial charge in [-0.1, -0.05) is 0 Å². The summed E-state index contributed by atoms with van der Waals surface area (Å²) >= 11 is 0. The van der Waals surface area contributed by atoms with Crippen molar-refractivity contribution in [2.45, 2.75) is 50.9 Å². The fourth-order valence-corrected chi connectivity index (χ4v) is 2.93. The molecular formula is C13H26N2O2. The molecule has 3 atom stereocenters. The maximum Gasteiger partial charge on any atom is 0.0706 e. The number of ether oxygens (including phenoxy) is 1. The summed E-state index contributed by atoms with van der Waals surface area (Å²) in [6.45, 7) is 6.34. The fraction of sp³-hybridized carbons (Fsp3) is 1.00. The molecule has 2 saturated heterocycles. The molecule has 0 aromatic carbocycles. The fourth-order valence-electron chi connectivity index (χ4n) is 2.93. The topological polar surface area (TPSA) is 44.7 Å². The standard InChI is InChI=1S/C13H26N2O2/c1-11-4-5-13(17-11)10-15(7-8-16)9-12-3-2-6-14-12/h11-14,16H,2-10H2,1H3. The van der Waals surface area contributed by atoms with Gasteiger partial charge in [-0.15, -0.1) is 0 Å². The zero-order valence-corrected chi connectivity index (χ0v) is 10.9. The highest BCUT2D eigenvalue weighted by Crippen LogP contribution is 2.20. The Hall–Kier alpha value is -0.160. The van der Waals surface area contributed by atoms with E-state index in [9.17, 15) is 0 Å². The Balaban J connectivity index is 1.75. The highest BCUT2D eigenvalue weighted by molar-refractivity contribution is 4.80. The number of aliphatic hydroxyl groups is 1. The summed E-state index contributed by atoms with van der Waals surface area (Å²) in [6, 6.07) is 0.611. The maximum absolute atomic E-state index is 9.13. The van der Waals surface area contributed by atoms with Gasteiger partial charge >= 0.3 is 0 Å². The molecule has 17 heavy (non-hydrogen) atoms. The summed E-state index contributed by atoms with van der Waals surface area (Å²) in [5.74, 6) is 0. The maximum atomic E-state index is 9.13. The number of hydrogen-bond acceptors (Lipinski definition) is 4. The van der Waals surface area contributed by atoms with E-state index in [2.05, 4.69) is 17.1 Å². The van der Waals surface area contributed by atoms with E-state index in [-0.39, 0.29) is 6.61 Å². The molecule has 0 radical (unpaired) electrons. The predicted molar refractivity (Wildman–Crippen MR) is 68.1 cm³/mol. The molecule has 2 aliphatic heterocycles. The third-order valence-electron chi connectivity index (χ3n) is 3.84. The van der Waals surface area contributed by atoms with Gasteiger partial charge in [-0.05, 0) is 39.2 Å². The van der Waals surface area contributed by atoms with Crippen molar-refractivity contribution in [3.8, 4) is 0 Å². The number of aliphatic hydroxyl groups excluding tert-OH is 1. The molecule has 2 aliphatic rings. The molecule has 4 nitrogen and oxygen atoms in total. The van der Waals surface area contributed by atoms with Gasteiger partial charge in [0.05, 0.1) is 18.8 Å². The monoisotopic (exact) mass is 242 g/mol. The largest absolute Gasteiger partial charge is 0.395 e. The highest BCUT2D eigenvalue weighted by atomic mass is 16.5. The van der Waals surface area contributed by atoms with E-state index < -0.39 is 0 Å². The number of hydrogen-bond donors (Lipinski definition) is 2. The molecule has 0 spiro atoms. The molecule has 0 aliphatic carbocycles. The van der Waals surface area contributed by atoms with E-state index in [4.69, 9.17) is 9.84 Å². The van der Waals surface area contributed by atoms with Gasteiger partial charge in [-0.25, -0.2) is 0 Å². The summed E-state index contributed by atoms with van der Waals surface area (Å²) in [6.07, 6.45) is 5.69. The second-order valence-electron chi connectivity index (χ2n) is 5.42. The highest BCUT2D eigenvalue weighted by Gasteiger charge is 2.25. The summed E-state index contributed by atoms with van der Waals surface area (Å²) < 4.78 is 5.86. The lowest BCUT2D eigenvalue weighted by molar-refractivity contribution is 0.0265. The number of rotatable bonds is 6. The van der Waals surface area contributed by atoms with Gasteiger partial charge in [-0.2, -0.15) is 0 Å². The van der Waals surface area contributed by atoms with Crippen LogP contribution in [0.3, 0.4) is 0 Å². The van der Waals surface area contributed by atoms with E-state index in [0.717, 1.165) is 26.2 Å². The molecule has 4 heteroatoms. The Morgan fingerprint density at radius 3 is 2.76 bits per heavy atom. The average Bonchev–Trinajstić information content (AvgIpc) is 2.91. The Kier molecular flexibility index (Phi) is 5.22. The van der Waals surface area contributed by atoms with E-state index in [0.29, 0.717) is 18.2 Å². The van der Waals surface area contributed by atoms with Crippen LogP contribution >= 0.6 is 0 Å². The van der Waals surface area contributed by atoms with Crippen molar-refractivity contribution in [2.24, 2.45) is 0 Å². The van der Waals surface area contributed by atoms with Crippen LogP contribution in [0.4, 0.5) is 0 Å². The van der Waals surface area contributed by atoms with Gasteiger partial charge in [0.2, 0.25) is 0 Å². The molecule has 100 valence electrons. The SMILES string of the molecule is CC1CCC(CN(CCO)CC2CCCN2)O1. The van der Waals surface area contributed by atoms with Gasteiger partial charge < -0.3 is 15.2 Å². The Morgan fingerprint density at radius 2 is 2.18 bits per heavy atom. The second-order valence-corrected chi connectivity index (χ2v) is 5.42. The minimum Gasteiger partial charge on any atom is -0.395 e. The molecule has 2 N–H and O–H groups in total. The number of nitrogens with zero attached hydrogens (tertiary/aromatic N) is 1. The molecule has 0 bridgehead atoms. The van der Waals surface area contributed by atoms with E-state index >= 15 is 0 Å². The minimum atomic E-state index is 0.245. The third kappa shape index (κ3) is 4.21. The van der Waals surface area contributed by atoms with Crippen LogP contribution < -0.4 is 5.32 Å². The molecular weight excluding hydrogens is 216 g/mol. The Morgan fingerprint density at radius 1 is 1.29 bits per heavy atom. The summed E-state index contributed by atoms with van der Waals surface area (Å²) in [5, 5.41) is 12.6. The van der Waals surface area contributed by atoms with Gasteiger partial charge in [0, 0.05) is 25.7 Å². The van der Waals surface area contributed by atoms with Crippen molar-refractivity contribution >= 4 is 0 Å². The third-order valence-corrected chi connectivity index (χ3v) is 3.84. The molecule has 0 amide bonds. The minimum absolute atomic E-state index is 0.245. The van der Waals surface area contributed by atoms with Crippen molar-refractivity contribution in [1.82, 2.24) is 10.2 Å². The summed E-state index contributed by atoms with van der Waals surface area (Å²) in [7, 11) is 0. The Labute approximate surface area is 104 Å². The van der Waals surface area contributed by atoms with Crippen LogP contribution in [0.25, 0.3) is 0 Å². The van der Waals surface area contributed by atoms with E-state index in [1.807, 2.05) is 0 Å². The lowest BCUT2D eigenvalue weighted by Crippen LogP contribution is -2.42. The first kappa shape index (κ1) is 13.3. The van der Waals surface area contributed by atoms with Crippen molar-refractivity contribution in [1.29, 1.82) is 0 Å². The molecule has 0 aromatic rings.